The van der Waals surface area contributed by atoms with E-state index in [1.165, 1.54) is 12.1 Å². The zero-order valence-corrected chi connectivity index (χ0v) is 10.8. The van der Waals surface area contributed by atoms with Crippen molar-refractivity contribution in [3.05, 3.63) is 29.6 Å². The Morgan fingerprint density at radius 3 is 2.89 bits per heavy atom. The van der Waals surface area contributed by atoms with E-state index in [-0.39, 0.29) is 11.8 Å². The average molecular weight is 254 g/mol. The number of aryl methyl sites for hydroxylation is 1. The second kappa shape index (κ2) is 7.66. The molecule has 0 aliphatic carbocycles. The van der Waals surface area contributed by atoms with Crippen molar-refractivity contribution < 1.29 is 13.9 Å². The molecule has 0 saturated heterocycles. The highest BCUT2D eigenvalue weighted by molar-refractivity contribution is 5.89. The number of ether oxygens (including phenoxy) is 1. The first-order valence-corrected chi connectivity index (χ1v) is 6.02. The lowest BCUT2D eigenvalue weighted by molar-refractivity contribution is 0.145. The SMILES string of the molecule is CCOCCCNC(=O)Nc1ccc(F)c(C)c1. The first-order valence-electron chi connectivity index (χ1n) is 6.02. The maximum absolute atomic E-state index is 13.0. The van der Waals surface area contributed by atoms with Crippen LogP contribution in [0, 0.1) is 12.7 Å². The van der Waals surface area contributed by atoms with E-state index in [2.05, 4.69) is 10.6 Å². The minimum absolute atomic E-state index is 0.280. The van der Waals surface area contributed by atoms with Crippen LogP contribution < -0.4 is 10.6 Å². The average Bonchev–Trinajstić information content (AvgIpc) is 2.34. The quantitative estimate of drug-likeness (QED) is 0.767. The van der Waals surface area contributed by atoms with Gasteiger partial charge in [-0.3, -0.25) is 0 Å². The number of amides is 2. The zero-order chi connectivity index (χ0) is 13.4. The molecule has 0 aliphatic rings. The molecule has 0 aromatic heterocycles. The molecule has 5 heteroatoms. The molecule has 0 bridgehead atoms. The van der Waals surface area contributed by atoms with E-state index in [0.29, 0.717) is 31.0 Å². The predicted octanol–water partition coefficient (Wildman–Crippen LogP) is 2.68. The van der Waals surface area contributed by atoms with Crippen molar-refractivity contribution in [3.63, 3.8) is 0 Å². The van der Waals surface area contributed by atoms with Gasteiger partial charge in [0.25, 0.3) is 0 Å². The standard InChI is InChI=1S/C13H19FN2O2/c1-3-18-8-4-7-15-13(17)16-11-5-6-12(14)10(2)9-11/h5-6,9H,3-4,7-8H2,1-2H3,(H2,15,16,17). The second-order valence-corrected chi connectivity index (χ2v) is 3.90. The molecule has 2 amide bonds. The van der Waals surface area contributed by atoms with Crippen molar-refractivity contribution in [2.75, 3.05) is 25.1 Å². The lowest BCUT2D eigenvalue weighted by Gasteiger charge is -2.08. The van der Waals surface area contributed by atoms with Crippen LogP contribution in [0.3, 0.4) is 0 Å². The molecule has 0 fully saturated rings. The molecular weight excluding hydrogens is 235 g/mol. The normalized spacial score (nSPS) is 10.2. The highest BCUT2D eigenvalue weighted by Gasteiger charge is 2.03. The van der Waals surface area contributed by atoms with Crippen LogP contribution in [0.15, 0.2) is 18.2 Å². The molecule has 1 aromatic rings. The Balaban J connectivity index is 2.29. The number of halogens is 1. The Kier molecular flexibility index (Phi) is 6.14. The van der Waals surface area contributed by atoms with Crippen LogP contribution in [-0.4, -0.2) is 25.8 Å². The summed E-state index contributed by atoms with van der Waals surface area (Å²) < 4.78 is 18.2. The van der Waals surface area contributed by atoms with Gasteiger partial charge in [-0.1, -0.05) is 0 Å². The maximum Gasteiger partial charge on any atom is 0.319 e. The molecular formula is C13H19FN2O2. The fourth-order valence-corrected chi connectivity index (χ4v) is 1.42. The fourth-order valence-electron chi connectivity index (χ4n) is 1.42. The van der Waals surface area contributed by atoms with E-state index in [0.717, 1.165) is 6.42 Å². The third kappa shape index (κ3) is 5.14. The first-order chi connectivity index (χ1) is 8.63. The molecule has 18 heavy (non-hydrogen) atoms. The van der Waals surface area contributed by atoms with E-state index >= 15 is 0 Å². The van der Waals surface area contributed by atoms with Crippen LogP contribution in [-0.2, 0) is 4.74 Å². The second-order valence-electron chi connectivity index (χ2n) is 3.90. The molecule has 0 saturated carbocycles. The van der Waals surface area contributed by atoms with Gasteiger partial charge in [-0.05, 0) is 44.0 Å². The summed E-state index contributed by atoms with van der Waals surface area (Å²) in [5, 5.41) is 5.34. The van der Waals surface area contributed by atoms with Crippen LogP contribution in [0.5, 0.6) is 0 Å². The smallest absolute Gasteiger partial charge is 0.319 e. The van der Waals surface area contributed by atoms with Crippen molar-refractivity contribution in [1.29, 1.82) is 0 Å². The summed E-state index contributed by atoms with van der Waals surface area (Å²) in [5.41, 5.74) is 1.08. The maximum atomic E-state index is 13.0. The van der Waals surface area contributed by atoms with E-state index in [1.54, 1.807) is 13.0 Å². The van der Waals surface area contributed by atoms with Crippen LogP contribution in [0.2, 0.25) is 0 Å². The minimum Gasteiger partial charge on any atom is -0.382 e. The van der Waals surface area contributed by atoms with Crippen LogP contribution >= 0.6 is 0 Å². The largest absolute Gasteiger partial charge is 0.382 e. The van der Waals surface area contributed by atoms with Gasteiger partial charge in [-0.25, -0.2) is 9.18 Å². The molecule has 2 N–H and O–H groups in total. The first kappa shape index (κ1) is 14.4. The predicted molar refractivity (Wildman–Crippen MR) is 69.3 cm³/mol. The highest BCUT2D eigenvalue weighted by atomic mass is 19.1. The van der Waals surface area contributed by atoms with Gasteiger partial charge in [-0.15, -0.1) is 0 Å². The van der Waals surface area contributed by atoms with E-state index in [1.807, 2.05) is 6.92 Å². The number of nitrogens with one attached hydrogen (secondary N) is 2. The molecule has 0 heterocycles. The number of rotatable bonds is 6. The van der Waals surface area contributed by atoms with Gasteiger partial charge in [0.1, 0.15) is 5.82 Å². The Bertz CT molecular complexity index is 397. The summed E-state index contributed by atoms with van der Waals surface area (Å²) in [5.74, 6) is -0.280. The Morgan fingerprint density at radius 1 is 1.44 bits per heavy atom. The molecule has 4 nitrogen and oxygen atoms in total. The van der Waals surface area contributed by atoms with Crippen LogP contribution in [0.1, 0.15) is 18.9 Å². The summed E-state index contributed by atoms with van der Waals surface area (Å²) in [7, 11) is 0. The third-order valence-corrected chi connectivity index (χ3v) is 2.37. The molecule has 0 radical (unpaired) electrons. The molecule has 0 spiro atoms. The molecule has 1 aromatic carbocycles. The number of hydrogen-bond donors (Lipinski definition) is 2. The highest BCUT2D eigenvalue weighted by Crippen LogP contribution is 2.13. The summed E-state index contributed by atoms with van der Waals surface area (Å²) in [6, 6.07) is 4.16. The number of urea groups is 1. The lowest BCUT2D eigenvalue weighted by Crippen LogP contribution is -2.30. The van der Waals surface area contributed by atoms with E-state index < -0.39 is 0 Å². The Labute approximate surface area is 107 Å². The van der Waals surface area contributed by atoms with Gasteiger partial charge in [0.2, 0.25) is 0 Å². The number of hydrogen-bond acceptors (Lipinski definition) is 2. The van der Waals surface area contributed by atoms with E-state index in [9.17, 15) is 9.18 Å². The topological polar surface area (TPSA) is 50.4 Å². The van der Waals surface area contributed by atoms with Gasteiger partial charge in [-0.2, -0.15) is 0 Å². The third-order valence-electron chi connectivity index (χ3n) is 2.37. The molecule has 1 rings (SSSR count). The number of benzene rings is 1. The summed E-state index contributed by atoms with van der Waals surface area (Å²) in [4.78, 5) is 11.5. The zero-order valence-electron chi connectivity index (χ0n) is 10.8. The number of carbonyl (C=O) groups excluding carboxylic acids is 1. The van der Waals surface area contributed by atoms with Gasteiger partial charge in [0, 0.05) is 25.4 Å². The summed E-state index contributed by atoms with van der Waals surface area (Å²) in [6.45, 7) is 5.44. The van der Waals surface area contributed by atoms with Crippen molar-refractivity contribution in [2.45, 2.75) is 20.3 Å². The van der Waals surface area contributed by atoms with E-state index in [4.69, 9.17) is 4.74 Å². The fraction of sp³-hybridized carbons (Fsp3) is 0.462. The minimum atomic E-state index is -0.294. The lowest BCUT2D eigenvalue weighted by atomic mass is 10.2. The van der Waals surface area contributed by atoms with Crippen molar-refractivity contribution in [1.82, 2.24) is 5.32 Å². The van der Waals surface area contributed by atoms with Crippen LogP contribution in [0.4, 0.5) is 14.9 Å². The monoisotopic (exact) mass is 254 g/mol. The Morgan fingerprint density at radius 2 is 2.22 bits per heavy atom. The van der Waals surface area contributed by atoms with Crippen LogP contribution in [0.25, 0.3) is 0 Å². The molecule has 0 atom stereocenters. The Hall–Kier alpha value is -1.62. The molecule has 100 valence electrons. The number of carbonyl (C=O) groups is 1. The number of anilines is 1. The van der Waals surface area contributed by atoms with Gasteiger partial charge < -0.3 is 15.4 Å². The molecule has 0 aliphatic heterocycles. The van der Waals surface area contributed by atoms with Crippen molar-refractivity contribution in [3.8, 4) is 0 Å². The van der Waals surface area contributed by atoms with Gasteiger partial charge >= 0.3 is 6.03 Å². The van der Waals surface area contributed by atoms with Gasteiger partial charge in [0.05, 0.1) is 0 Å². The van der Waals surface area contributed by atoms with Gasteiger partial charge in [0.15, 0.2) is 0 Å². The summed E-state index contributed by atoms with van der Waals surface area (Å²) >= 11 is 0. The summed E-state index contributed by atoms with van der Waals surface area (Å²) in [6.07, 6.45) is 0.768. The van der Waals surface area contributed by atoms with Crippen molar-refractivity contribution >= 4 is 11.7 Å². The van der Waals surface area contributed by atoms with Crippen molar-refractivity contribution in [2.24, 2.45) is 0 Å². The molecule has 0 unspecified atom stereocenters.